The first-order valence-corrected chi connectivity index (χ1v) is 12.2. The van der Waals surface area contributed by atoms with Crippen molar-refractivity contribution in [1.29, 1.82) is 0 Å². The molecule has 0 bridgehead atoms. The van der Waals surface area contributed by atoms with Crippen LogP contribution in [-0.4, -0.2) is 30.2 Å². The second-order valence-corrected chi connectivity index (χ2v) is 11.0. The quantitative estimate of drug-likeness (QED) is 0.548. The Balaban J connectivity index is 1.46. The summed E-state index contributed by atoms with van der Waals surface area (Å²) in [6, 6.07) is 11.3. The van der Waals surface area contributed by atoms with E-state index < -0.39 is 39.6 Å². The van der Waals surface area contributed by atoms with E-state index in [0.29, 0.717) is 11.3 Å². The van der Waals surface area contributed by atoms with E-state index >= 15 is 0 Å². The van der Waals surface area contributed by atoms with Crippen LogP contribution in [0.25, 0.3) is 10.6 Å². The first kappa shape index (κ1) is 21.2. The Morgan fingerprint density at radius 1 is 1.28 bits per heavy atom. The highest BCUT2D eigenvalue weighted by atomic mass is 32.2. The van der Waals surface area contributed by atoms with Crippen LogP contribution in [0.2, 0.25) is 0 Å². The minimum Gasteiger partial charge on any atom is -0.480 e. The molecule has 2 N–H and O–H groups in total. The number of rotatable bonds is 6. The summed E-state index contributed by atoms with van der Waals surface area (Å²) < 4.78 is 58.7. The van der Waals surface area contributed by atoms with E-state index in [4.69, 9.17) is 0 Å². The number of nitrogens with zero attached hydrogens (tertiary/aromatic N) is 1. The molecule has 3 unspecified atom stereocenters. The lowest BCUT2D eigenvalue weighted by Crippen LogP contribution is -2.46. The number of sulfonamides is 1. The minimum atomic E-state index is -4.19. The molecule has 2 aliphatic carbocycles. The standard InChI is InChI=1S/C21H18F2N2O5S2/c22-19(23)15-10-14(24-30-15)16-8-9-17(31-16)32(28,29)25-21(20(26)27)13-7-3-5-11-4-1-2-6-12(11)18(13)21/h1-2,4,6,8-10,13,18-19,25H,3,5,7H2,(H,26,27). The van der Waals surface area contributed by atoms with Crippen molar-refractivity contribution in [3.8, 4) is 10.6 Å². The van der Waals surface area contributed by atoms with Gasteiger partial charge in [0.2, 0.25) is 5.76 Å². The number of fused-ring (bicyclic) bond motifs is 3. The van der Waals surface area contributed by atoms with Crippen molar-refractivity contribution in [2.45, 2.75) is 41.4 Å². The van der Waals surface area contributed by atoms with Gasteiger partial charge >= 0.3 is 5.97 Å². The van der Waals surface area contributed by atoms with Gasteiger partial charge in [0.05, 0.1) is 4.88 Å². The number of carboxylic acids is 1. The monoisotopic (exact) mass is 480 g/mol. The molecule has 5 rings (SSSR count). The van der Waals surface area contributed by atoms with E-state index in [1.165, 1.54) is 12.1 Å². The van der Waals surface area contributed by atoms with Crippen LogP contribution in [0, 0.1) is 5.92 Å². The number of benzene rings is 1. The van der Waals surface area contributed by atoms with Crippen LogP contribution >= 0.6 is 11.3 Å². The maximum absolute atomic E-state index is 13.2. The van der Waals surface area contributed by atoms with E-state index in [0.717, 1.165) is 41.4 Å². The van der Waals surface area contributed by atoms with Gasteiger partial charge in [-0.15, -0.1) is 11.3 Å². The number of halogens is 2. The lowest BCUT2D eigenvalue weighted by Gasteiger charge is -2.18. The average molecular weight is 481 g/mol. The fourth-order valence-corrected chi connectivity index (χ4v) is 7.43. The second-order valence-electron chi connectivity index (χ2n) is 7.99. The van der Waals surface area contributed by atoms with Crippen molar-refractivity contribution < 1.29 is 31.6 Å². The van der Waals surface area contributed by atoms with E-state index in [1.54, 1.807) is 0 Å². The number of hydrogen-bond donors (Lipinski definition) is 2. The van der Waals surface area contributed by atoms with Gasteiger partial charge in [-0.25, -0.2) is 17.2 Å². The maximum Gasteiger partial charge on any atom is 0.325 e. The number of aromatic nitrogens is 1. The molecule has 1 aromatic carbocycles. The molecule has 3 aromatic rings. The fraction of sp³-hybridized carbons (Fsp3) is 0.333. The Morgan fingerprint density at radius 2 is 2.06 bits per heavy atom. The minimum absolute atomic E-state index is 0.0882. The van der Waals surface area contributed by atoms with Crippen LogP contribution in [0.4, 0.5) is 8.78 Å². The molecule has 1 fully saturated rings. The topological polar surface area (TPSA) is 110 Å². The first-order valence-electron chi connectivity index (χ1n) is 9.94. The Kier molecular flexibility index (Phi) is 4.95. The summed E-state index contributed by atoms with van der Waals surface area (Å²) >= 11 is 0.810. The van der Waals surface area contributed by atoms with Crippen molar-refractivity contribution in [3.63, 3.8) is 0 Å². The lowest BCUT2D eigenvalue weighted by molar-refractivity contribution is -0.140. The third kappa shape index (κ3) is 3.26. The lowest BCUT2D eigenvalue weighted by atomic mass is 9.97. The second kappa shape index (κ2) is 7.46. The van der Waals surface area contributed by atoms with Gasteiger partial charge in [0.1, 0.15) is 15.4 Å². The summed E-state index contributed by atoms with van der Waals surface area (Å²) in [5, 5.41) is 13.6. The predicted molar refractivity (Wildman–Crippen MR) is 111 cm³/mol. The molecular weight excluding hydrogens is 462 g/mol. The van der Waals surface area contributed by atoms with Gasteiger partial charge < -0.3 is 9.63 Å². The van der Waals surface area contributed by atoms with Crippen LogP contribution in [0.15, 0.2) is 51.2 Å². The van der Waals surface area contributed by atoms with Gasteiger partial charge in [0.15, 0.2) is 0 Å². The molecule has 2 aliphatic rings. The largest absolute Gasteiger partial charge is 0.480 e. The zero-order valence-corrected chi connectivity index (χ0v) is 18.1. The molecule has 32 heavy (non-hydrogen) atoms. The number of carbonyl (C=O) groups is 1. The molecule has 0 amide bonds. The molecule has 0 saturated heterocycles. The number of nitrogens with one attached hydrogen (secondary N) is 1. The molecule has 168 valence electrons. The van der Waals surface area contributed by atoms with Gasteiger partial charge in [0.25, 0.3) is 16.4 Å². The predicted octanol–water partition coefficient (Wildman–Crippen LogP) is 4.19. The molecule has 0 radical (unpaired) electrons. The van der Waals surface area contributed by atoms with Crippen LogP contribution in [0.3, 0.4) is 0 Å². The fourth-order valence-electron chi connectivity index (χ4n) is 4.75. The summed E-state index contributed by atoms with van der Waals surface area (Å²) in [4.78, 5) is 12.7. The van der Waals surface area contributed by atoms with Crippen molar-refractivity contribution in [1.82, 2.24) is 9.88 Å². The number of aryl methyl sites for hydroxylation is 1. The molecule has 11 heteroatoms. The van der Waals surface area contributed by atoms with Crippen molar-refractivity contribution in [3.05, 3.63) is 59.4 Å². The number of carboxylic acid groups (broad SMARTS) is 1. The Bertz CT molecular complexity index is 1300. The third-order valence-electron chi connectivity index (χ3n) is 6.22. The molecule has 0 spiro atoms. The summed E-state index contributed by atoms with van der Waals surface area (Å²) in [6.07, 6.45) is -0.629. The average Bonchev–Trinajstić information content (AvgIpc) is 3.08. The summed E-state index contributed by atoms with van der Waals surface area (Å²) in [5.74, 6) is -2.61. The third-order valence-corrected chi connectivity index (χ3v) is 9.30. The van der Waals surface area contributed by atoms with E-state index in [2.05, 4.69) is 14.4 Å². The first-order chi connectivity index (χ1) is 15.2. The molecule has 2 heterocycles. The summed E-state index contributed by atoms with van der Waals surface area (Å²) in [6.45, 7) is 0. The molecular formula is C21H18F2N2O5S2. The molecule has 0 aliphatic heterocycles. The van der Waals surface area contributed by atoms with Gasteiger partial charge in [-0.1, -0.05) is 29.4 Å². The number of hydrogen-bond acceptors (Lipinski definition) is 6. The van der Waals surface area contributed by atoms with E-state index in [9.17, 15) is 27.1 Å². The van der Waals surface area contributed by atoms with Gasteiger partial charge in [0, 0.05) is 12.0 Å². The Morgan fingerprint density at radius 3 is 2.78 bits per heavy atom. The van der Waals surface area contributed by atoms with Gasteiger partial charge in [-0.05, 0) is 48.4 Å². The number of aliphatic carboxylic acids is 1. The number of thiophene rings is 1. The van der Waals surface area contributed by atoms with Crippen LogP contribution in [0.1, 0.15) is 42.1 Å². The highest BCUT2D eigenvalue weighted by molar-refractivity contribution is 7.91. The number of alkyl halides is 2. The Hall–Kier alpha value is -2.63. The van der Waals surface area contributed by atoms with E-state index in [1.807, 2.05) is 24.3 Å². The molecule has 7 nitrogen and oxygen atoms in total. The smallest absolute Gasteiger partial charge is 0.325 e. The van der Waals surface area contributed by atoms with Gasteiger partial charge in [-0.3, -0.25) is 4.79 Å². The van der Waals surface area contributed by atoms with Crippen molar-refractivity contribution in [2.75, 3.05) is 0 Å². The summed E-state index contributed by atoms with van der Waals surface area (Å²) in [7, 11) is -4.19. The zero-order valence-electron chi connectivity index (χ0n) is 16.5. The van der Waals surface area contributed by atoms with Crippen LogP contribution in [0.5, 0.6) is 0 Å². The molecule has 1 saturated carbocycles. The van der Waals surface area contributed by atoms with Gasteiger partial charge in [-0.2, -0.15) is 4.72 Å². The maximum atomic E-state index is 13.2. The zero-order chi connectivity index (χ0) is 22.7. The highest BCUT2D eigenvalue weighted by Gasteiger charge is 2.72. The summed E-state index contributed by atoms with van der Waals surface area (Å²) in [5.41, 5.74) is 0.386. The normalized spacial score (nSPS) is 24.6. The Labute approximate surface area is 186 Å². The van der Waals surface area contributed by atoms with E-state index in [-0.39, 0.29) is 15.8 Å². The van der Waals surface area contributed by atoms with Crippen LogP contribution in [-0.2, 0) is 21.2 Å². The van der Waals surface area contributed by atoms with Crippen LogP contribution < -0.4 is 4.72 Å². The highest BCUT2D eigenvalue weighted by Crippen LogP contribution is 2.62. The SMILES string of the molecule is O=C(O)C1(NS(=O)(=O)c2ccc(-c3cc(C(F)F)on3)s2)C2CCCc3ccccc3C21. The van der Waals surface area contributed by atoms with Crippen molar-refractivity contribution in [2.24, 2.45) is 5.92 Å². The van der Waals surface area contributed by atoms with Crippen molar-refractivity contribution >= 4 is 27.3 Å². The molecule has 3 atom stereocenters. The molecule has 2 aromatic heterocycles.